The lowest BCUT2D eigenvalue weighted by Gasteiger charge is -2.36. The van der Waals surface area contributed by atoms with E-state index in [4.69, 9.17) is 4.74 Å². The van der Waals surface area contributed by atoms with Crippen molar-refractivity contribution in [2.45, 2.75) is 51.7 Å². The standard InChI is InChI=1S/C18H26F2N2O7S2/c1-12-14(10-15(30(19,24)25)13(2)16(12)29-31(20,26)27)11-21-6-8-22(9-7-21)17(23)28-18(3,4)5/h10H,6-9,11H2,1-5H3. The maximum Gasteiger partial charge on any atom is 0.488 e. The van der Waals surface area contributed by atoms with Gasteiger partial charge in [-0.2, -0.15) is 16.8 Å². The smallest absolute Gasteiger partial charge is 0.444 e. The third-order valence-electron chi connectivity index (χ3n) is 4.70. The Balaban J connectivity index is 2.26. The Morgan fingerprint density at radius 1 is 1.03 bits per heavy atom. The molecule has 9 nitrogen and oxygen atoms in total. The molecule has 1 aliphatic rings. The van der Waals surface area contributed by atoms with Gasteiger partial charge in [0, 0.05) is 38.3 Å². The zero-order valence-corrected chi connectivity index (χ0v) is 19.6. The van der Waals surface area contributed by atoms with Gasteiger partial charge >= 0.3 is 26.8 Å². The molecule has 1 amide bonds. The molecule has 0 unspecified atom stereocenters. The van der Waals surface area contributed by atoms with Crippen LogP contribution in [0.15, 0.2) is 11.0 Å². The molecular formula is C18H26F2N2O7S2. The van der Waals surface area contributed by atoms with Crippen LogP contribution in [0.4, 0.5) is 12.6 Å². The van der Waals surface area contributed by atoms with Crippen molar-refractivity contribution in [3.8, 4) is 5.75 Å². The number of halogens is 2. The first kappa shape index (κ1) is 25.3. The van der Waals surface area contributed by atoms with E-state index < -0.39 is 43.1 Å². The van der Waals surface area contributed by atoms with Crippen LogP contribution in [-0.4, -0.2) is 64.5 Å². The Bertz CT molecular complexity index is 1060. The van der Waals surface area contributed by atoms with E-state index in [2.05, 4.69) is 4.18 Å². The van der Waals surface area contributed by atoms with Gasteiger partial charge in [0.2, 0.25) is 0 Å². The second kappa shape index (κ2) is 8.87. The fraction of sp³-hybridized carbons (Fsp3) is 0.611. The lowest BCUT2D eigenvalue weighted by molar-refractivity contribution is 0.0138. The summed E-state index contributed by atoms with van der Waals surface area (Å²) in [4.78, 5) is 14.8. The fourth-order valence-corrected chi connectivity index (χ4v) is 4.40. The summed E-state index contributed by atoms with van der Waals surface area (Å²) in [6, 6.07) is 1.08. The average Bonchev–Trinajstić information content (AvgIpc) is 2.58. The molecule has 1 aromatic rings. The second-order valence-electron chi connectivity index (χ2n) is 8.27. The van der Waals surface area contributed by atoms with E-state index in [0.717, 1.165) is 13.0 Å². The molecule has 176 valence electrons. The monoisotopic (exact) mass is 484 g/mol. The summed E-state index contributed by atoms with van der Waals surface area (Å²) < 4.78 is 81.5. The van der Waals surface area contributed by atoms with Gasteiger partial charge in [-0.25, -0.2) is 4.79 Å². The fourth-order valence-electron chi connectivity index (χ4n) is 3.21. The van der Waals surface area contributed by atoms with Crippen LogP contribution in [0, 0.1) is 13.8 Å². The van der Waals surface area contributed by atoms with Crippen LogP contribution in [0.5, 0.6) is 5.75 Å². The number of hydrogen-bond acceptors (Lipinski definition) is 8. The van der Waals surface area contributed by atoms with Gasteiger partial charge in [-0.05, 0) is 51.8 Å². The first-order valence-electron chi connectivity index (χ1n) is 9.40. The highest BCUT2D eigenvalue weighted by atomic mass is 32.3. The van der Waals surface area contributed by atoms with Crippen LogP contribution < -0.4 is 4.18 Å². The molecule has 1 aliphatic heterocycles. The van der Waals surface area contributed by atoms with Crippen LogP contribution in [0.3, 0.4) is 0 Å². The minimum atomic E-state index is -5.46. The van der Waals surface area contributed by atoms with Gasteiger partial charge in [0.15, 0.2) is 5.75 Å². The Morgan fingerprint density at radius 2 is 1.58 bits per heavy atom. The molecule has 13 heteroatoms. The molecule has 0 bridgehead atoms. The van der Waals surface area contributed by atoms with Crippen LogP contribution >= 0.6 is 0 Å². The van der Waals surface area contributed by atoms with E-state index in [-0.39, 0.29) is 23.2 Å². The van der Waals surface area contributed by atoms with E-state index in [1.807, 2.05) is 4.90 Å². The molecule has 31 heavy (non-hydrogen) atoms. The van der Waals surface area contributed by atoms with Gasteiger partial charge in [-0.15, -0.1) is 3.89 Å². The number of amides is 1. The third-order valence-corrected chi connectivity index (χ3v) is 6.02. The van der Waals surface area contributed by atoms with Crippen molar-refractivity contribution in [3.63, 3.8) is 0 Å². The number of carbonyl (C=O) groups excluding carboxylic acids is 1. The number of nitrogens with zero attached hydrogens (tertiary/aromatic N) is 2. The molecule has 0 atom stereocenters. The van der Waals surface area contributed by atoms with Crippen LogP contribution in [0.1, 0.15) is 37.5 Å². The SMILES string of the molecule is Cc1c(CN2CCN(C(=O)OC(C)(C)C)CC2)cc(S(=O)(=O)F)c(C)c1OS(=O)(=O)F. The van der Waals surface area contributed by atoms with Gasteiger partial charge < -0.3 is 13.8 Å². The Morgan fingerprint density at radius 3 is 2.03 bits per heavy atom. The number of hydrogen-bond donors (Lipinski definition) is 0. The van der Waals surface area contributed by atoms with Gasteiger partial charge in [-0.3, -0.25) is 4.90 Å². The van der Waals surface area contributed by atoms with Gasteiger partial charge in [0.05, 0.1) is 0 Å². The lowest BCUT2D eigenvalue weighted by Crippen LogP contribution is -2.49. The number of carbonyl (C=O) groups is 1. The lowest BCUT2D eigenvalue weighted by atomic mass is 10.0. The van der Waals surface area contributed by atoms with Crippen molar-refractivity contribution >= 4 is 26.8 Å². The van der Waals surface area contributed by atoms with Crippen molar-refractivity contribution in [1.29, 1.82) is 0 Å². The Kier molecular flexibility index (Phi) is 7.23. The molecular weight excluding hydrogens is 458 g/mol. The molecule has 0 radical (unpaired) electrons. The van der Waals surface area contributed by atoms with Crippen molar-refractivity contribution in [2.75, 3.05) is 26.2 Å². The molecule has 1 heterocycles. The maximum atomic E-state index is 13.8. The van der Waals surface area contributed by atoms with Gasteiger partial charge in [0.1, 0.15) is 10.5 Å². The summed E-state index contributed by atoms with van der Waals surface area (Å²) in [5.41, 5.74) is -0.555. The van der Waals surface area contributed by atoms with E-state index in [1.54, 1.807) is 20.8 Å². The summed E-state index contributed by atoms with van der Waals surface area (Å²) in [6.45, 7) is 9.44. The highest BCUT2D eigenvalue weighted by Gasteiger charge is 2.29. The topological polar surface area (TPSA) is 110 Å². The summed E-state index contributed by atoms with van der Waals surface area (Å²) in [7, 11) is -10.7. The first-order chi connectivity index (χ1) is 14.0. The summed E-state index contributed by atoms with van der Waals surface area (Å²) in [5.74, 6) is -0.566. The average molecular weight is 485 g/mol. The molecule has 0 N–H and O–H groups in total. The minimum Gasteiger partial charge on any atom is -0.444 e. The molecule has 1 fully saturated rings. The summed E-state index contributed by atoms with van der Waals surface area (Å²) in [6.07, 6.45) is -0.451. The number of ether oxygens (including phenoxy) is 1. The molecule has 0 aromatic heterocycles. The number of piperazine rings is 1. The number of rotatable bonds is 5. The summed E-state index contributed by atoms with van der Waals surface area (Å²) >= 11 is 0. The van der Waals surface area contributed by atoms with Crippen molar-refractivity contribution in [3.05, 3.63) is 22.8 Å². The van der Waals surface area contributed by atoms with E-state index in [1.165, 1.54) is 11.8 Å². The first-order valence-corrected chi connectivity index (χ1v) is 12.1. The van der Waals surface area contributed by atoms with E-state index in [9.17, 15) is 29.4 Å². The van der Waals surface area contributed by atoms with Gasteiger partial charge in [-0.1, -0.05) is 3.89 Å². The zero-order valence-electron chi connectivity index (χ0n) is 17.9. The number of benzene rings is 1. The molecule has 0 aliphatic carbocycles. The molecule has 1 saturated heterocycles. The minimum absolute atomic E-state index is 0.111. The molecule has 1 aromatic carbocycles. The second-order valence-corrected chi connectivity index (χ2v) is 10.5. The van der Waals surface area contributed by atoms with Crippen LogP contribution in [0.25, 0.3) is 0 Å². The van der Waals surface area contributed by atoms with Gasteiger partial charge in [0.25, 0.3) is 0 Å². The zero-order chi connectivity index (χ0) is 23.8. The predicted octanol–water partition coefficient (Wildman–Crippen LogP) is 2.61. The highest BCUT2D eigenvalue weighted by molar-refractivity contribution is 7.86. The molecule has 0 spiro atoms. The van der Waals surface area contributed by atoms with Crippen LogP contribution in [0.2, 0.25) is 0 Å². The summed E-state index contributed by atoms with van der Waals surface area (Å²) in [5, 5.41) is 0. The van der Waals surface area contributed by atoms with Crippen molar-refractivity contribution < 1.29 is 38.3 Å². The van der Waals surface area contributed by atoms with Crippen molar-refractivity contribution in [2.24, 2.45) is 0 Å². The Hall–Kier alpha value is -1.99. The van der Waals surface area contributed by atoms with E-state index in [0.29, 0.717) is 26.2 Å². The largest absolute Gasteiger partial charge is 0.488 e. The molecule has 0 saturated carbocycles. The Labute approximate surface area is 181 Å². The third kappa shape index (κ3) is 7.01. The maximum absolute atomic E-state index is 13.8. The van der Waals surface area contributed by atoms with Crippen molar-refractivity contribution in [1.82, 2.24) is 9.80 Å². The highest BCUT2D eigenvalue weighted by Crippen LogP contribution is 2.35. The van der Waals surface area contributed by atoms with E-state index >= 15 is 0 Å². The van der Waals surface area contributed by atoms with Crippen LogP contribution in [-0.2, 0) is 32.0 Å². The predicted molar refractivity (Wildman–Crippen MR) is 108 cm³/mol. The normalized spacial score (nSPS) is 16.3. The molecule has 2 rings (SSSR count). The quantitative estimate of drug-likeness (QED) is 0.587.